The first-order chi connectivity index (χ1) is 14.9. The third kappa shape index (κ3) is 6.52. The molecule has 6 nitrogen and oxygen atoms in total. The summed E-state index contributed by atoms with van der Waals surface area (Å²) in [5.41, 5.74) is 2.61. The maximum absolute atomic E-state index is 12.7. The Labute approximate surface area is 188 Å². The first-order valence-electron chi connectivity index (χ1n) is 9.60. The number of carbonyl (C=O) groups is 3. The van der Waals surface area contributed by atoms with Crippen LogP contribution in [0.25, 0.3) is 0 Å². The maximum Gasteiger partial charge on any atom is 0.308 e. The molecule has 0 aliphatic carbocycles. The lowest BCUT2D eigenvalue weighted by atomic mass is 10.1. The van der Waals surface area contributed by atoms with Crippen LogP contribution in [0.3, 0.4) is 0 Å². The van der Waals surface area contributed by atoms with Gasteiger partial charge in [-0.3, -0.25) is 14.4 Å². The lowest BCUT2D eigenvalue weighted by Crippen LogP contribution is -2.25. The van der Waals surface area contributed by atoms with Gasteiger partial charge < -0.3 is 15.4 Å². The molecule has 0 heterocycles. The largest absolute Gasteiger partial charge is 0.427 e. The van der Waals surface area contributed by atoms with Crippen molar-refractivity contribution in [3.05, 3.63) is 94.0 Å². The van der Waals surface area contributed by atoms with Gasteiger partial charge in [-0.05, 0) is 41.5 Å². The average molecular weight is 481 g/mol. The number of halogens is 1. The van der Waals surface area contributed by atoms with E-state index in [0.29, 0.717) is 17.0 Å². The number of benzene rings is 3. The van der Waals surface area contributed by atoms with Crippen molar-refractivity contribution in [3.63, 3.8) is 0 Å². The van der Waals surface area contributed by atoms with E-state index >= 15 is 0 Å². The number of hydrogen-bond donors (Lipinski definition) is 2. The maximum atomic E-state index is 12.7. The Balaban J connectivity index is 1.65. The molecule has 0 atom stereocenters. The number of amides is 2. The summed E-state index contributed by atoms with van der Waals surface area (Å²) in [5, 5.41) is 5.74. The van der Waals surface area contributed by atoms with E-state index in [9.17, 15) is 14.4 Å². The topological polar surface area (TPSA) is 84.5 Å². The summed E-state index contributed by atoms with van der Waals surface area (Å²) >= 11 is 3.44. The van der Waals surface area contributed by atoms with E-state index in [1.807, 2.05) is 36.4 Å². The number of rotatable bonds is 7. The highest BCUT2D eigenvalue weighted by molar-refractivity contribution is 9.10. The molecule has 0 fully saturated rings. The molecule has 158 valence electrons. The van der Waals surface area contributed by atoms with Crippen LogP contribution in [0, 0.1) is 0 Å². The van der Waals surface area contributed by atoms with Crippen LogP contribution in [0.2, 0.25) is 0 Å². The van der Waals surface area contributed by atoms with Crippen LogP contribution >= 0.6 is 15.9 Å². The van der Waals surface area contributed by atoms with Gasteiger partial charge in [-0.2, -0.15) is 0 Å². The number of para-hydroxylation sites is 1. The minimum atomic E-state index is -0.457. The molecule has 31 heavy (non-hydrogen) atoms. The predicted molar refractivity (Wildman–Crippen MR) is 122 cm³/mol. The van der Waals surface area contributed by atoms with E-state index in [1.54, 1.807) is 30.3 Å². The van der Waals surface area contributed by atoms with Gasteiger partial charge in [-0.1, -0.05) is 58.4 Å². The van der Waals surface area contributed by atoms with Crippen molar-refractivity contribution in [1.82, 2.24) is 5.32 Å². The number of ether oxygens (including phenoxy) is 1. The molecule has 0 saturated heterocycles. The van der Waals surface area contributed by atoms with Crippen molar-refractivity contribution in [1.29, 1.82) is 0 Å². The Hall–Kier alpha value is -3.45. The molecule has 0 unspecified atom stereocenters. The second-order valence-electron chi connectivity index (χ2n) is 6.78. The number of hydrogen-bond acceptors (Lipinski definition) is 4. The van der Waals surface area contributed by atoms with Crippen LogP contribution < -0.4 is 15.4 Å². The monoisotopic (exact) mass is 480 g/mol. The van der Waals surface area contributed by atoms with Gasteiger partial charge in [0.25, 0.3) is 5.91 Å². The second-order valence-corrected chi connectivity index (χ2v) is 7.63. The van der Waals surface area contributed by atoms with E-state index in [0.717, 1.165) is 15.6 Å². The van der Waals surface area contributed by atoms with Gasteiger partial charge in [0.1, 0.15) is 5.75 Å². The Morgan fingerprint density at radius 1 is 0.903 bits per heavy atom. The first kappa shape index (κ1) is 22.2. The highest BCUT2D eigenvalue weighted by Crippen LogP contribution is 2.19. The molecule has 2 N–H and O–H groups in total. The molecule has 0 saturated carbocycles. The van der Waals surface area contributed by atoms with Gasteiger partial charge in [0, 0.05) is 29.2 Å². The fourth-order valence-corrected chi connectivity index (χ4v) is 3.35. The minimum absolute atomic E-state index is 0.123. The summed E-state index contributed by atoms with van der Waals surface area (Å²) in [7, 11) is 0. The van der Waals surface area contributed by atoms with E-state index in [1.165, 1.54) is 13.0 Å². The summed E-state index contributed by atoms with van der Waals surface area (Å²) in [6.45, 7) is 1.57. The first-order valence-corrected chi connectivity index (χ1v) is 10.4. The minimum Gasteiger partial charge on any atom is -0.427 e. The number of anilines is 1. The van der Waals surface area contributed by atoms with Crippen LogP contribution in [-0.2, 0) is 22.6 Å². The average Bonchev–Trinajstić information content (AvgIpc) is 2.74. The van der Waals surface area contributed by atoms with Crippen molar-refractivity contribution in [2.75, 3.05) is 5.32 Å². The molecule has 0 spiro atoms. The van der Waals surface area contributed by atoms with Gasteiger partial charge in [-0.25, -0.2) is 0 Å². The standard InChI is InChI=1S/C24H21BrN2O4/c1-16(28)31-20-10-6-9-18(13-20)24(30)27-22-12-5-3-8-19(22)15-26-23(29)14-17-7-2-4-11-21(17)25/h2-13H,14-15H2,1H3,(H,26,29)(H,27,30). The van der Waals surface area contributed by atoms with Crippen molar-refractivity contribution < 1.29 is 19.1 Å². The fraction of sp³-hybridized carbons (Fsp3) is 0.125. The normalized spacial score (nSPS) is 10.3. The van der Waals surface area contributed by atoms with E-state index in [4.69, 9.17) is 4.74 Å². The lowest BCUT2D eigenvalue weighted by molar-refractivity contribution is -0.131. The van der Waals surface area contributed by atoms with E-state index < -0.39 is 5.97 Å². The molecule has 3 rings (SSSR count). The summed E-state index contributed by atoms with van der Waals surface area (Å²) in [6, 6.07) is 21.2. The molecule has 0 aromatic heterocycles. The van der Waals surface area contributed by atoms with Crippen molar-refractivity contribution in [2.24, 2.45) is 0 Å². The summed E-state index contributed by atoms with van der Waals surface area (Å²) in [6.07, 6.45) is 0.249. The molecule has 2 amide bonds. The highest BCUT2D eigenvalue weighted by Gasteiger charge is 2.12. The van der Waals surface area contributed by atoms with Crippen molar-refractivity contribution in [2.45, 2.75) is 19.9 Å². The van der Waals surface area contributed by atoms with Crippen molar-refractivity contribution >= 4 is 39.4 Å². The van der Waals surface area contributed by atoms with Gasteiger partial charge in [0.2, 0.25) is 5.91 Å². The SMILES string of the molecule is CC(=O)Oc1cccc(C(=O)Nc2ccccc2CNC(=O)Cc2ccccc2Br)c1. The molecular weight excluding hydrogens is 460 g/mol. The summed E-state index contributed by atoms with van der Waals surface area (Å²) < 4.78 is 5.91. The Morgan fingerprint density at radius 2 is 1.61 bits per heavy atom. The Morgan fingerprint density at radius 3 is 2.35 bits per heavy atom. The van der Waals surface area contributed by atoms with Gasteiger partial charge >= 0.3 is 5.97 Å². The van der Waals surface area contributed by atoms with E-state index in [2.05, 4.69) is 26.6 Å². The second kappa shape index (κ2) is 10.5. The number of carbonyl (C=O) groups excluding carboxylic acids is 3. The molecule has 7 heteroatoms. The lowest BCUT2D eigenvalue weighted by Gasteiger charge is -2.13. The Kier molecular flexibility index (Phi) is 7.56. The molecule has 0 radical (unpaired) electrons. The predicted octanol–water partition coefficient (Wildman–Crippen LogP) is 4.49. The third-order valence-corrected chi connectivity index (χ3v) is 5.18. The smallest absolute Gasteiger partial charge is 0.308 e. The molecule has 3 aromatic carbocycles. The van der Waals surface area contributed by atoms with Crippen LogP contribution in [0.4, 0.5) is 5.69 Å². The zero-order chi connectivity index (χ0) is 22.2. The zero-order valence-corrected chi connectivity index (χ0v) is 18.4. The molecule has 0 bridgehead atoms. The van der Waals surface area contributed by atoms with Crippen LogP contribution in [0.15, 0.2) is 77.3 Å². The number of nitrogens with one attached hydrogen (secondary N) is 2. The van der Waals surface area contributed by atoms with Crippen LogP contribution in [0.5, 0.6) is 5.75 Å². The van der Waals surface area contributed by atoms with Gasteiger partial charge in [0.05, 0.1) is 6.42 Å². The molecular formula is C24H21BrN2O4. The van der Waals surface area contributed by atoms with Gasteiger partial charge in [-0.15, -0.1) is 0 Å². The summed E-state index contributed by atoms with van der Waals surface area (Å²) in [4.78, 5) is 36.2. The molecule has 3 aromatic rings. The van der Waals surface area contributed by atoms with E-state index in [-0.39, 0.29) is 24.8 Å². The van der Waals surface area contributed by atoms with Gasteiger partial charge in [0.15, 0.2) is 0 Å². The summed E-state index contributed by atoms with van der Waals surface area (Å²) in [5.74, 6) is -0.628. The van der Waals surface area contributed by atoms with Crippen molar-refractivity contribution in [3.8, 4) is 5.75 Å². The quantitative estimate of drug-likeness (QED) is 0.385. The zero-order valence-electron chi connectivity index (χ0n) is 16.9. The highest BCUT2D eigenvalue weighted by atomic mass is 79.9. The Bertz CT molecular complexity index is 1110. The fourth-order valence-electron chi connectivity index (χ4n) is 2.93. The van der Waals surface area contributed by atoms with Crippen LogP contribution in [0.1, 0.15) is 28.4 Å². The molecule has 0 aliphatic rings. The molecule has 0 aliphatic heterocycles. The number of esters is 1. The third-order valence-electron chi connectivity index (χ3n) is 4.41. The van der Waals surface area contributed by atoms with Crippen LogP contribution in [-0.4, -0.2) is 17.8 Å².